The molecule has 21 heavy (non-hydrogen) atoms. The van der Waals surface area contributed by atoms with E-state index < -0.39 is 11.9 Å². The van der Waals surface area contributed by atoms with E-state index in [1.54, 1.807) is 10.6 Å². The second kappa shape index (κ2) is 5.18. The van der Waals surface area contributed by atoms with Gasteiger partial charge in [0.1, 0.15) is 5.82 Å². The molecule has 112 valence electrons. The van der Waals surface area contributed by atoms with Crippen LogP contribution in [0.25, 0.3) is 11.0 Å². The lowest BCUT2D eigenvalue weighted by Crippen LogP contribution is -2.39. The molecule has 0 saturated carbocycles. The molecule has 0 unspecified atom stereocenters. The van der Waals surface area contributed by atoms with E-state index in [4.69, 9.17) is 5.11 Å². The summed E-state index contributed by atoms with van der Waals surface area (Å²) >= 11 is 3.12. The highest BCUT2D eigenvalue weighted by Crippen LogP contribution is 2.27. The van der Waals surface area contributed by atoms with Crippen LogP contribution in [0.4, 0.5) is 9.18 Å². The Balaban J connectivity index is 1.98. The number of nitrogens with one attached hydrogen (secondary N) is 1. The molecule has 0 atom stereocenters. The predicted octanol–water partition coefficient (Wildman–Crippen LogP) is 2.55. The van der Waals surface area contributed by atoms with Crippen molar-refractivity contribution in [2.45, 2.75) is 18.9 Å². The number of hydrogen-bond donors (Lipinski definition) is 2. The summed E-state index contributed by atoms with van der Waals surface area (Å²) in [5.74, 6) is -0.434. The molecule has 2 N–H and O–H groups in total. The van der Waals surface area contributed by atoms with Gasteiger partial charge in [0.2, 0.25) is 0 Å². The number of fused-ring (bicyclic) bond motifs is 1. The molecule has 2 heterocycles. The van der Waals surface area contributed by atoms with Crippen LogP contribution >= 0.6 is 15.9 Å². The fourth-order valence-electron chi connectivity index (χ4n) is 2.80. The number of nitrogens with zero attached hydrogens (tertiary/aromatic N) is 2. The number of rotatable bonds is 1. The van der Waals surface area contributed by atoms with Crippen molar-refractivity contribution in [2.24, 2.45) is 0 Å². The van der Waals surface area contributed by atoms with Crippen molar-refractivity contribution in [1.82, 2.24) is 14.5 Å². The topological polar surface area (TPSA) is 78.3 Å². The van der Waals surface area contributed by atoms with Gasteiger partial charge in [-0.15, -0.1) is 0 Å². The van der Waals surface area contributed by atoms with Gasteiger partial charge in [-0.1, -0.05) is 0 Å². The zero-order chi connectivity index (χ0) is 15.1. The summed E-state index contributed by atoms with van der Waals surface area (Å²) in [5.41, 5.74) is 0.777. The highest BCUT2D eigenvalue weighted by atomic mass is 79.9. The van der Waals surface area contributed by atoms with Gasteiger partial charge in [0.25, 0.3) is 0 Å². The van der Waals surface area contributed by atoms with Crippen LogP contribution in [0.2, 0.25) is 0 Å². The van der Waals surface area contributed by atoms with Crippen molar-refractivity contribution in [2.75, 3.05) is 13.1 Å². The standard InChI is InChI=1S/C13H13BrFN3O3/c14-8-5-11-10(6-9(8)15)16-12(19)18(11)7-1-3-17(4-2-7)13(20)21/h5-7H,1-4H2,(H,16,19)(H,20,21). The molecule has 1 aliphatic heterocycles. The van der Waals surface area contributed by atoms with E-state index in [2.05, 4.69) is 20.9 Å². The predicted molar refractivity (Wildman–Crippen MR) is 78.1 cm³/mol. The number of piperidine rings is 1. The fraction of sp³-hybridized carbons (Fsp3) is 0.385. The summed E-state index contributed by atoms with van der Waals surface area (Å²) in [6.45, 7) is 0.781. The first-order valence-electron chi connectivity index (χ1n) is 6.54. The van der Waals surface area contributed by atoms with Crippen LogP contribution in [0.15, 0.2) is 21.4 Å². The van der Waals surface area contributed by atoms with Crippen LogP contribution in [0.1, 0.15) is 18.9 Å². The zero-order valence-corrected chi connectivity index (χ0v) is 12.6. The first kappa shape index (κ1) is 14.1. The lowest BCUT2D eigenvalue weighted by molar-refractivity contribution is 0.125. The molecule has 2 aromatic rings. The molecule has 0 bridgehead atoms. The largest absolute Gasteiger partial charge is 0.465 e. The van der Waals surface area contributed by atoms with Crippen molar-refractivity contribution in [3.8, 4) is 0 Å². The molecule has 1 aliphatic rings. The van der Waals surface area contributed by atoms with Gasteiger partial charge in [-0.2, -0.15) is 0 Å². The zero-order valence-electron chi connectivity index (χ0n) is 11.0. The van der Waals surface area contributed by atoms with Gasteiger partial charge in [0.05, 0.1) is 15.5 Å². The minimum absolute atomic E-state index is 0.0841. The maximum atomic E-state index is 13.5. The Bertz CT molecular complexity index is 762. The third kappa shape index (κ3) is 2.44. The number of halogens is 2. The van der Waals surface area contributed by atoms with Crippen molar-refractivity contribution in [1.29, 1.82) is 0 Å². The highest BCUT2D eigenvalue weighted by molar-refractivity contribution is 9.10. The number of imidazole rings is 1. The van der Waals surface area contributed by atoms with E-state index in [0.717, 1.165) is 0 Å². The molecule has 3 rings (SSSR count). The van der Waals surface area contributed by atoms with E-state index in [-0.39, 0.29) is 11.7 Å². The summed E-state index contributed by atoms with van der Waals surface area (Å²) in [6.07, 6.45) is 0.187. The number of amides is 1. The summed E-state index contributed by atoms with van der Waals surface area (Å²) in [7, 11) is 0. The SMILES string of the molecule is O=C(O)N1CCC(n2c(=O)[nH]c3cc(F)c(Br)cc32)CC1. The Morgan fingerprint density at radius 3 is 2.67 bits per heavy atom. The van der Waals surface area contributed by atoms with Gasteiger partial charge >= 0.3 is 11.8 Å². The van der Waals surface area contributed by atoms with Crippen molar-refractivity contribution < 1.29 is 14.3 Å². The quantitative estimate of drug-likeness (QED) is 0.823. The maximum Gasteiger partial charge on any atom is 0.407 e. The van der Waals surface area contributed by atoms with Crippen molar-refractivity contribution >= 4 is 33.1 Å². The van der Waals surface area contributed by atoms with Crippen LogP contribution in [-0.2, 0) is 0 Å². The molecular weight excluding hydrogens is 345 g/mol. The molecule has 1 aromatic carbocycles. The van der Waals surface area contributed by atoms with Crippen LogP contribution in [0.5, 0.6) is 0 Å². The third-order valence-electron chi connectivity index (χ3n) is 3.86. The molecule has 8 heteroatoms. The number of carboxylic acid groups (broad SMARTS) is 1. The lowest BCUT2D eigenvalue weighted by Gasteiger charge is -2.30. The van der Waals surface area contributed by atoms with Gasteiger partial charge in [0.15, 0.2) is 0 Å². The number of aromatic nitrogens is 2. The highest BCUT2D eigenvalue weighted by Gasteiger charge is 2.26. The number of carbonyl (C=O) groups is 1. The molecule has 0 radical (unpaired) electrons. The molecule has 0 aliphatic carbocycles. The minimum Gasteiger partial charge on any atom is -0.465 e. The monoisotopic (exact) mass is 357 g/mol. The van der Waals surface area contributed by atoms with Gasteiger partial charge in [-0.3, -0.25) is 4.57 Å². The van der Waals surface area contributed by atoms with E-state index >= 15 is 0 Å². The minimum atomic E-state index is -0.940. The first-order valence-corrected chi connectivity index (χ1v) is 7.34. The van der Waals surface area contributed by atoms with Crippen LogP contribution in [0, 0.1) is 5.82 Å². The average Bonchev–Trinajstić information content (AvgIpc) is 2.75. The van der Waals surface area contributed by atoms with E-state index in [0.29, 0.717) is 41.4 Å². The number of hydrogen-bond acceptors (Lipinski definition) is 2. The Kier molecular flexibility index (Phi) is 3.48. The molecule has 1 fully saturated rings. The second-order valence-corrected chi connectivity index (χ2v) is 5.94. The molecule has 1 amide bonds. The van der Waals surface area contributed by atoms with Gasteiger partial charge < -0.3 is 15.0 Å². The average molecular weight is 358 g/mol. The van der Waals surface area contributed by atoms with Gasteiger partial charge in [-0.25, -0.2) is 14.0 Å². The fourth-order valence-corrected chi connectivity index (χ4v) is 3.13. The summed E-state index contributed by atoms with van der Waals surface area (Å²) in [6, 6.07) is 2.77. The smallest absolute Gasteiger partial charge is 0.407 e. The lowest BCUT2D eigenvalue weighted by atomic mass is 10.0. The van der Waals surface area contributed by atoms with Crippen molar-refractivity contribution in [3.63, 3.8) is 0 Å². The second-order valence-electron chi connectivity index (χ2n) is 5.08. The number of likely N-dealkylation sites (tertiary alicyclic amines) is 1. The first-order chi connectivity index (χ1) is 9.97. The third-order valence-corrected chi connectivity index (χ3v) is 4.47. The normalized spacial score (nSPS) is 16.6. The number of H-pyrrole nitrogens is 1. The van der Waals surface area contributed by atoms with E-state index in [1.165, 1.54) is 11.0 Å². The van der Waals surface area contributed by atoms with Crippen LogP contribution in [-0.4, -0.2) is 38.7 Å². The maximum absolute atomic E-state index is 13.5. The number of aromatic amines is 1. The Morgan fingerprint density at radius 1 is 1.38 bits per heavy atom. The molecule has 1 aromatic heterocycles. The Labute approximate surface area is 127 Å². The Hall–Kier alpha value is -1.83. The Morgan fingerprint density at radius 2 is 2.05 bits per heavy atom. The van der Waals surface area contributed by atoms with Gasteiger partial charge in [-0.05, 0) is 34.8 Å². The van der Waals surface area contributed by atoms with Gasteiger partial charge in [0, 0.05) is 25.2 Å². The van der Waals surface area contributed by atoms with E-state index in [1.807, 2.05) is 0 Å². The molecule has 6 nitrogen and oxygen atoms in total. The molecular formula is C13H13BrFN3O3. The number of benzene rings is 1. The van der Waals surface area contributed by atoms with Crippen LogP contribution < -0.4 is 5.69 Å². The summed E-state index contributed by atoms with van der Waals surface area (Å²) in [5, 5.41) is 8.95. The van der Waals surface area contributed by atoms with E-state index in [9.17, 15) is 14.0 Å². The summed E-state index contributed by atoms with van der Waals surface area (Å²) < 4.78 is 15.4. The van der Waals surface area contributed by atoms with Crippen molar-refractivity contribution in [3.05, 3.63) is 32.9 Å². The summed E-state index contributed by atoms with van der Waals surface area (Å²) in [4.78, 5) is 27.0. The molecule has 0 spiro atoms. The molecule has 1 saturated heterocycles. The van der Waals surface area contributed by atoms with Crippen LogP contribution in [0.3, 0.4) is 0 Å².